The molecule has 12 heteroatoms. The zero-order valence-electron chi connectivity index (χ0n) is 16.8. The lowest BCUT2D eigenvalue weighted by Gasteiger charge is -2.16. The maximum absolute atomic E-state index is 13.7. The maximum atomic E-state index is 13.7. The second-order valence-corrected chi connectivity index (χ2v) is 6.85. The highest BCUT2D eigenvalue weighted by Crippen LogP contribution is 2.35. The van der Waals surface area contributed by atoms with E-state index in [4.69, 9.17) is 0 Å². The Bertz CT molecular complexity index is 1220. The van der Waals surface area contributed by atoms with Crippen LogP contribution in [0.4, 0.5) is 52.6 Å². The first-order chi connectivity index (χ1) is 15.8. The molecular formula is C22H14F7N3O2. The number of hydrogen-bond acceptors (Lipinski definition) is 2. The van der Waals surface area contributed by atoms with Crippen LogP contribution in [0.5, 0.6) is 0 Å². The topological polar surface area (TPSA) is 70.2 Å². The first-order valence-corrected chi connectivity index (χ1v) is 9.37. The van der Waals surface area contributed by atoms with Gasteiger partial charge in [-0.1, -0.05) is 18.2 Å². The summed E-state index contributed by atoms with van der Waals surface area (Å²) in [6.07, 6.45) is -9.67. The number of anilines is 3. The number of halogens is 7. The average molecular weight is 485 g/mol. The van der Waals surface area contributed by atoms with Crippen molar-refractivity contribution in [3.8, 4) is 0 Å². The van der Waals surface area contributed by atoms with E-state index in [9.17, 15) is 40.3 Å². The quantitative estimate of drug-likeness (QED) is 0.358. The van der Waals surface area contributed by atoms with Gasteiger partial charge in [-0.15, -0.1) is 0 Å². The van der Waals surface area contributed by atoms with E-state index in [-0.39, 0.29) is 17.1 Å². The number of para-hydroxylation sites is 1. The molecule has 178 valence electrons. The molecule has 3 aromatic carbocycles. The number of rotatable bonds is 4. The van der Waals surface area contributed by atoms with Gasteiger partial charge in [0.15, 0.2) is 0 Å². The highest BCUT2D eigenvalue weighted by Gasteiger charge is 2.36. The van der Waals surface area contributed by atoms with E-state index < -0.39 is 46.8 Å². The van der Waals surface area contributed by atoms with E-state index in [2.05, 4.69) is 10.6 Å². The molecule has 0 saturated carbocycles. The lowest BCUT2D eigenvalue weighted by atomic mass is 10.0. The Morgan fingerprint density at radius 2 is 1.32 bits per heavy atom. The van der Waals surface area contributed by atoms with E-state index in [1.807, 2.05) is 5.32 Å². The summed E-state index contributed by atoms with van der Waals surface area (Å²) in [5, 5.41) is 6.19. The molecule has 0 aliphatic rings. The predicted molar refractivity (Wildman–Crippen MR) is 110 cm³/mol. The summed E-state index contributed by atoms with van der Waals surface area (Å²) in [5.41, 5.74) is -4.25. The minimum absolute atomic E-state index is 0.246. The summed E-state index contributed by atoms with van der Waals surface area (Å²) in [6, 6.07) is 9.63. The highest BCUT2D eigenvalue weighted by molar-refractivity contribution is 6.06. The molecule has 0 saturated heterocycles. The van der Waals surface area contributed by atoms with Crippen molar-refractivity contribution in [2.45, 2.75) is 12.4 Å². The van der Waals surface area contributed by atoms with Crippen molar-refractivity contribution in [1.29, 1.82) is 0 Å². The van der Waals surface area contributed by atoms with E-state index in [1.165, 1.54) is 12.1 Å². The molecule has 3 amide bonds. The Morgan fingerprint density at radius 3 is 1.94 bits per heavy atom. The van der Waals surface area contributed by atoms with Crippen LogP contribution in [0.15, 0.2) is 66.7 Å². The van der Waals surface area contributed by atoms with E-state index in [0.717, 1.165) is 42.5 Å². The zero-order chi connectivity index (χ0) is 25.1. The summed E-state index contributed by atoms with van der Waals surface area (Å²) >= 11 is 0. The number of carbonyl (C=O) groups excluding carboxylic acids is 2. The summed E-state index contributed by atoms with van der Waals surface area (Å²) in [6.45, 7) is 0. The van der Waals surface area contributed by atoms with Gasteiger partial charge in [0.25, 0.3) is 5.91 Å². The Kier molecular flexibility index (Phi) is 6.80. The van der Waals surface area contributed by atoms with Gasteiger partial charge in [-0.2, -0.15) is 26.3 Å². The third kappa shape index (κ3) is 6.03. The Morgan fingerprint density at radius 1 is 0.676 bits per heavy atom. The number of amides is 3. The third-order valence-electron chi connectivity index (χ3n) is 4.40. The number of hydrogen-bond donors (Lipinski definition) is 3. The van der Waals surface area contributed by atoms with Crippen molar-refractivity contribution in [3.63, 3.8) is 0 Å². The minimum atomic E-state index is -5.02. The van der Waals surface area contributed by atoms with Gasteiger partial charge < -0.3 is 16.0 Å². The normalized spacial score (nSPS) is 11.6. The Balaban J connectivity index is 1.80. The summed E-state index contributed by atoms with van der Waals surface area (Å²) in [5.74, 6) is -2.09. The molecule has 0 aliphatic carbocycles. The van der Waals surface area contributed by atoms with Gasteiger partial charge in [0.05, 0.1) is 22.4 Å². The third-order valence-corrected chi connectivity index (χ3v) is 4.40. The molecule has 3 rings (SSSR count). The van der Waals surface area contributed by atoms with Crippen LogP contribution in [0.3, 0.4) is 0 Å². The van der Waals surface area contributed by atoms with Crippen LogP contribution in [0.1, 0.15) is 21.5 Å². The predicted octanol–water partition coefficient (Wildman–Crippen LogP) is 6.76. The van der Waals surface area contributed by atoms with Gasteiger partial charge in [-0.3, -0.25) is 4.79 Å². The molecule has 3 N–H and O–H groups in total. The lowest BCUT2D eigenvalue weighted by Crippen LogP contribution is -2.22. The zero-order valence-corrected chi connectivity index (χ0v) is 16.8. The fourth-order valence-corrected chi connectivity index (χ4v) is 2.87. The van der Waals surface area contributed by atoms with Crippen LogP contribution >= 0.6 is 0 Å². The first kappa shape index (κ1) is 24.6. The molecular weight excluding hydrogens is 471 g/mol. The fourth-order valence-electron chi connectivity index (χ4n) is 2.87. The Hall–Kier alpha value is -4.09. The molecule has 0 bridgehead atoms. The number of urea groups is 1. The number of carbonyl (C=O) groups is 2. The fraction of sp³-hybridized carbons (Fsp3) is 0.0909. The van der Waals surface area contributed by atoms with E-state index >= 15 is 0 Å². The van der Waals surface area contributed by atoms with Crippen molar-refractivity contribution < 1.29 is 40.3 Å². The van der Waals surface area contributed by atoms with Crippen LogP contribution in [0.25, 0.3) is 0 Å². The van der Waals surface area contributed by atoms with Crippen molar-refractivity contribution >= 4 is 29.0 Å². The monoisotopic (exact) mass is 485 g/mol. The van der Waals surface area contributed by atoms with E-state index in [0.29, 0.717) is 12.1 Å². The van der Waals surface area contributed by atoms with Crippen molar-refractivity contribution in [2.24, 2.45) is 0 Å². The van der Waals surface area contributed by atoms with Crippen molar-refractivity contribution in [1.82, 2.24) is 0 Å². The molecule has 0 heterocycles. The summed E-state index contributed by atoms with van der Waals surface area (Å²) < 4.78 is 92.7. The first-order valence-electron chi connectivity index (χ1n) is 9.37. The van der Waals surface area contributed by atoms with Crippen molar-refractivity contribution in [3.05, 3.63) is 89.2 Å². The molecule has 0 aromatic heterocycles. The molecule has 0 fully saturated rings. The minimum Gasteiger partial charge on any atom is -0.319 e. The SMILES string of the molecule is O=C(Nc1cccc(C(F)(F)F)c1)Nc1ccc(C(=O)Nc2ccccc2F)c(C(F)(F)F)c1. The summed E-state index contributed by atoms with van der Waals surface area (Å²) in [4.78, 5) is 24.4. The molecule has 0 spiro atoms. The van der Waals surface area contributed by atoms with Gasteiger partial charge in [-0.25, -0.2) is 9.18 Å². The van der Waals surface area contributed by atoms with Gasteiger partial charge >= 0.3 is 18.4 Å². The van der Waals surface area contributed by atoms with Crippen LogP contribution < -0.4 is 16.0 Å². The smallest absolute Gasteiger partial charge is 0.319 e. The van der Waals surface area contributed by atoms with Crippen LogP contribution in [0, 0.1) is 5.82 Å². The van der Waals surface area contributed by atoms with Gasteiger partial charge in [0.2, 0.25) is 0 Å². The lowest BCUT2D eigenvalue weighted by molar-refractivity contribution is -0.138. The second-order valence-electron chi connectivity index (χ2n) is 6.85. The summed E-state index contributed by atoms with van der Waals surface area (Å²) in [7, 11) is 0. The molecule has 0 aliphatic heterocycles. The van der Waals surface area contributed by atoms with Gasteiger partial charge in [-0.05, 0) is 48.5 Å². The van der Waals surface area contributed by atoms with E-state index in [1.54, 1.807) is 0 Å². The van der Waals surface area contributed by atoms with Crippen LogP contribution in [-0.2, 0) is 12.4 Å². The van der Waals surface area contributed by atoms with Gasteiger partial charge in [0, 0.05) is 11.4 Å². The highest BCUT2D eigenvalue weighted by atomic mass is 19.4. The molecule has 34 heavy (non-hydrogen) atoms. The maximum Gasteiger partial charge on any atom is 0.417 e. The molecule has 0 unspecified atom stereocenters. The standard InChI is InChI=1S/C22H14F7N3O2/c23-17-6-1-2-7-18(17)32-19(33)15-9-8-14(11-16(15)22(27,28)29)31-20(34)30-13-5-3-4-12(10-13)21(24,25)26/h1-11H,(H,32,33)(H2,30,31,34). The van der Waals surface area contributed by atoms with Gasteiger partial charge in [0.1, 0.15) is 5.82 Å². The number of alkyl halides is 6. The molecule has 3 aromatic rings. The largest absolute Gasteiger partial charge is 0.417 e. The molecule has 0 atom stereocenters. The average Bonchev–Trinajstić information content (AvgIpc) is 2.74. The second kappa shape index (κ2) is 9.41. The molecule has 5 nitrogen and oxygen atoms in total. The Labute approximate surface area is 187 Å². The number of benzene rings is 3. The van der Waals surface area contributed by atoms with Crippen LogP contribution in [0.2, 0.25) is 0 Å². The number of nitrogens with one attached hydrogen (secondary N) is 3. The molecule has 0 radical (unpaired) electrons. The van der Waals surface area contributed by atoms with Crippen LogP contribution in [-0.4, -0.2) is 11.9 Å². The van der Waals surface area contributed by atoms with Crippen molar-refractivity contribution in [2.75, 3.05) is 16.0 Å².